The van der Waals surface area contributed by atoms with Crippen LogP contribution in [0.1, 0.15) is 11.1 Å². The average Bonchev–Trinajstić information content (AvgIpc) is 2.25. The second-order valence-corrected chi connectivity index (χ2v) is 5.63. The van der Waals surface area contributed by atoms with Gasteiger partial charge in [0.15, 0.2) is 0 Å². The van der Waals surface area contributed by atoms with Crippen molar-refractivity contribution in [2.45, 2.75) is 18.1 Å². The van der Waals surface area contributed by atoms with Gasteiger partial charge in [-0.3, -0.25) is 0 Å². The first-order chi connectivity index (χ1) is 8.29. The van der Waals surface area contributed by atoms with Crippen LogP contribution in [0.3, 0.4) is 0 Å². The molecule has 2 N–H and O–H groups in total. The minimum absolute atomic E-state index is 0.120. The number of nitrogens with zero attached hydrogens (tertiary/aromatic N) is 1. The first-order valence-corrected chi connectivity index (χ1v) is 6.77. The van der Waals surface area contributed by atoms with E-state index in [9.17, 15) is 17.2 Å². The van der Waals surface area contributed by atoms with Gasteiger partial charge in [0.25, 0.3) is 9.05 Å². The molecule has 1 aromatic rings. The molecule has 0 aliphatic carbocycles. The Bertz CT molecular complexity index is 599. The van der Waals surface area contributed by atoms with Crippen LogP contribution >= 0.6 is 10.7 Å². The van der Waals surface area contributed by atoms with Crippen LogP contribution in [0, 0.1) is 11.3 Å². The monoisotopic (exact) mass is 296 g/mol. The number of hydrogen-bond donors (Lipinski definition) is 1. The van der Waals surface area contributed by atoms with E-state index in [-0.39, 0.29) is 12.1 Å². The summed E-state index contributed by atoms with van der Waals surface area (Å²) in [4.78, 5) is -0.606. The molecule has 0 unspecified atom stereocenters. The zero-order valence-electron chi connectivity index (χ0n) is 8.73. The molecule has 0 spiro atoms. The second-order valence-electron chi connectivity index (χ2n) is 3.10. The lowest BCUT2D eigenvalue weighted by atomic mass is 10.1. The topological polar surface area (TPSA) is 93.2 Å². The molecule has 0 saturated heterocycles. The van der Waals surface area contributed by atoms with Crippen LogP contribution in [0.2, 0.25) is 0 Å². The van der Waals surface area contributed by atoms with Crippen molar-refractivity contribution in [1.29, 1.82) is 5.26 Å². The summed E-state index contributed by atoms with van der Waals surface area (Å²) in [5.74, 6) is -0.574. The van der Waals surface area contributed by atoms with Gasteiger partial charge in [0, 0.05) is 17.2 Å². The molecule has 98 valence electrons. The lowest BCUT2D eigenvalue weighted by molar-refractivity contribution is -0.0502. The van der Waals surface area contributed by atoms with Gasteiger partial charge in [-0.2, -0.15) is 14.0 Å². The van der Waals surface area contributed by atoms with E-state index in [1.807, 2.05) is 0 Å². The van der Waals surface area contributed by atoms with E-state index in [1.165, 1.54) is 6.07 Å². The van der Waals surface area contributed by atoms with Gasteiger partial charge < -0.3 is 10.5 Å². The van der Waals surface area contributed by atoms with Gasteiger partial charge in [-0.15, -0.1) is 0 Å². The molecule has 1 aromatic carbocycles. The van der Waals surface area contributed by atoms with Gasteiger partial charge in [-0.05, 0) is 17.7 Å². The largest absolute Gasteiger partial charge is 0.433 e. The Hall–Kier alpha value is -1.43. The molecular formula is C9H7ClF2N2O3S. The predicted octanol–water partition coefficient (Wildman–Crippen LogP) is 1.55. The highest BCUT2D eigenvalue weighted by molar-refractivity contribution is 8.13. The minimum atomic E-state index is -4.27. The smallest absolute Gasteiger partial charge is 0.387 e. The number of benzene rings is 1. The van der Waals surface area contributed by atoms with E-state index in [0.717, 1.165) is 12.1 Å². The number of halogens is 3. The Labute approximate surface area is 106 Å². The third-order valence-corrected chi connectivity index (χ3v) is 3.30. The van der Waals surface area contributed by atoms with E-state index >= 15 is 0 Å². The van der Waals surface area contributed by atoms with Crippen LogP contribution in [0.5, 0.6) is 5.75 Å². The Morgan fingerprint density at radius 2 is 2.11 bits per heavy atom. The lowest BCUT2D eigenvalue weighted by Crippen LogP contribution is -2.08. The fraction of sp³-hybridized carbons (Fsp3) is 0.222. The van der Waals surface area contributed by atoms with Crippen molar-refractivity contribution in [3.05, 3.63) is 23.3 Å². The molecule has 18 heavy (non-hydrogen) atoms. The molecule has 0 fully saturated rings. The molecule has 0 aliphatic heterocycles. The summed E-state index contributed by atoms with van der Waals surface area (Å²) in [6, 6.07) is 3.57. The van der Waals surface area contributed by atoms with Crippen LogP contribution in [0.25, 0.3) is 0 Å². The summed E-state index contributed by atoms with van der Waals surface area (Å²) in [6.07, 6.45) is 0. The van der Waals surface area contributed by atoms with Crippen LogP contribution in [-0.4, -0.2) is 15.0 Å². The van der Waals surface area contributed by atoms with E-state index < -0.39 is 31.9 Å². The number of rotatable bonds is 4. The number of ether oxygens (including phenoxy) is 1. The van der Waals surface area contributed by atoms with Crippen molar-refractivity contribution < 1.29 is 21.9 Å². The molecule has 0 amide bonds. The highest BCUT2D eigenvalue weighted by atomic mass is 35.7. The standard InChI is InChI=1S/C9H7ClF2N2O3S/c10-18(15,16)8-2-5(3-13)1-7(6(8)4-14)17-9(11)12/h1-2,9H,3,13H2. The number of alkyl halides is 2. The van der Waals surface area contributed by atoms with Crippen LogP contribution < -0.4 is 10.5 Å². The second kappa shape index (κ2) is 5.48. The predicted molar refractivity (Wildman–Crippen MR) is 58.7 cm³/mol. The van der Waals surface area contributed by atoms with Crippen molar-refractivity contribution in [3.8, 4) is 11.8 Å². The molecule has 0 atom stereocenters. The Morgan fingerprint density at radius 1 is 1.50 bits per heavy atom. The van der Waals surface area contributed by atoms with Crippen LogP contribution in [0.4, 0.5) is 8.78 Å². The number of nitrogens with two attached hydrogens (primary N) is 1. The molecular weight excluding hydrogens is 290 g/mol. The highest BCUT2D eigenvalue weighted by Gasteiger charge is 2.22. The molecule has 0 bridgehead atoms. The Morgan fingerprint density at radius 3 is 2.50 bits per heavy atom. The summed E-state index contributed by atoms with van der Waals surface area (Å²) in [6.45, 7) is -3.32. The normalized spacial score (nSPS) is 11.3. The Balaban J connectivity index is 3.56. The SMILES string of the molecule is N#Cc1c(OC(F)F)cc(CN)cc1S(=O)(=O)Cl. The van der Waals surface area contributed by atoms with Crippen molar-refractivity contribution in [2.75, 3.05) is 0 Å². The van der Waals surface area contributed by atoms with E-state index in [1.54, 1.807) is 0 Å². The molecule has 0 aliphatic rings. The minimum Gasteiger partial charge on any atom is -0.433 e. The van der Waals surface area contributed by atoms with Crippen LogP contribution in [-0.2, 0) is 15.6 Å². The number of hydrogen-bond acceptors (Lipinski definition) is 5. The maximum Gasteiger partial charge on any atom is 0.387 e. The van der Waals surface area contributed by atoms with Crippen LogP contribution in [0.15, 0.2) is 17.0 Å². The van der Waals surface area contributed by atoms with Gasteiger partial charge in [0.2, 0.25) is 0 Å². The Kier molecular flexibility index (Phi) is 4.45. The molecule has 0 heterocycles. The molecule has 9 heteroatoms. The molecule has 0 radical (unpaired) electrons. The van der Waals surface area contributed by atoms with Gasteiger partial charge in [0.1, 0.15) is 22.3 Å². The maximum absolute atomic E-state index is 12.2. The zero-order chi connectivity index (χ0) is 13.9. The molecule has 5 nitrogen and oxygen atoms in total. The summed E-state index contributed by atoms with van der Waals surface area (Å²) in [7, 11) is 0.850. The zero-order valence-corrected chi connectivity index (χ0v) is 10.3. The van der Waals surface area contributed by atoms with Gasteiger partial charge >= 0.3 is 6.61 Å². The summed E-state index contributed by atoms with van der Waals surface area (Å²) < 4.78 is 50.9. The van der Waals surface area contributed by atoms with Gasteiger partial charge in [0.05, 0.1) is 0 Å². The fourth-order valence-corrected chi connectivity index (χ4v) is 2.30. The van der Waals surface area contributed by atoms with Gasteiger partial charge in [-0.25, -0.2) is 8.42 Å². The quantitative estimate of drug-likeness (QED) is 0.851. The van der Waals surface area contributed by atoms with E-state index in [0.29, 0.717) is 0 Å². The molecule has 1 rings (SSSR count). The third kappa shape index (κ3) is 3.29. The first kappa shape index (κ1) is 14.6. The van der Waals surface area contributed by atoms with Crippen molar-refractivity contribution in [2.24, 2.45) is 5.73 Å². The van der Waals surface area contributed by atoms with Crippen molar-refractivity contribution in [1.82, 2.24) is 0 Å². The molecule has 0 saturated carbocycles. The van der Waals surface area contributed by atoms with Crippen molar-refractivity contribution >= 4 is 19.7 Å². The summed E-state index contributed by atoms with van der Waals surface area (Å²) in [5, 5.41) is 8.81. The fourth-order valence-electron chi connectivity index (χ4n) is 1.25. The lowest BCUT2D eigenvalue weighted by Gasteiger charge is -2.11. The van der Waals surface area contributed by atoms with E-state index in [4.69, 9.17) is 21.7 Å². The van der Waals surface area contributed by atoms with E-state index in [2.05, 4.69) is 4.74 Å². The first-order valence-electron chi connectivity index (χ1n) is 4.46. The average molecular weight is 297 g/mol. The number of nitriles is 1. The molecule has 0 aromatic heterocycles. The highest BCUT2D eigenvalue weighted by Crippen LogP contribution is 2.30. The summed E-state index contributed by atoms with van der Waals surface area (Å²) >= 11 is 0. The third-order valence-electron chi connectivity index (χ3n) is 1.95. The van der Waals surface area contributed by atoms with Gasteiger partial charge in [-0.1, -0.05) is 0 Å². The van der Waals surface area contributed by atoms with Crippen molar-refractivity contribution in [3.63, 3.8) is 0 Å². The summed E-state index contributed by atoms with van der Waals surface area (Å²) in [5.41, 5.74) is 4.91. The maximum atomic E-state index is 12.2.